The number of carbonyl (C=O) groups excluding carboxylic acids is 1. The van der Waals surface area contributed by atoms with Gasteiger partial charge < -0.3 is 9.64 Å². The molecule has 4 nitrogen and oxygen atoms in total. The summed E-state index contributed by atoms with van der Waals surface area (Å²) in [6.45, 7) is 1.02. The normalized spacial score (nSPS) is 15.0. The number of pyridine rings is 1. The highest BCUT2D eigenvalue weighted by Crippen LogP contribution is 2.35. The standard InChI is InChI=1S/C17H14ClF3N2O2/c1-25-16(24)11-8-23(9-11)12-4-2-3-10(7-12)14-6-5-13(18)15(22-14)17(19,20)21/h2-7,11H,8-9H2,1H3. The van der Waals surface area contributed by atoms with Gasteiger partial charge in [-0.25, -0.2) is 4.98 Å². The molecule has 0 atom stereocenters. The van der Waals surface area contributed by atoms with Gasteiger partial charge in [0.2, 0.25) is 0 Å². The van der Waals surface area contributed by atoms with Crippen molar-refractivity contribution in [2.75, 3.05) is 25.1 Å². The monoisotopic (exact) mass is 370 g/mol. The number of benzene rings is 1. The number of methoxy groups -OCH3 is 1. The van der Waals surface area contributed by atoms with Crippen LogP contribution in [0.2, 0.25) is 5.02 Å². The lowest BCUT2D eigenvalue weighted by Gasteiger charge is -2.39. The van der Waals surface area contributed by atoms with Crippen molar-refractivity contribution in [2.24, 2.45) is 5.92 Å². The molecule has 2 aromatic rings. The van der Waals surface area contributed by atoms with Crippen LogP contribution in [-0.4, -0.2) is 31.2 Å². The molecule has 2 heterocycles. The smallest absolute Gasteiger partial charge is 0.434 e. The number of hydrogen-bond acceptors (Lipinski definition) is 4. The van der Waals surface area contributed by atoms with Gasteiger partial charge in [0.1, 0.15) is 0 Å². The van der Waals surface area contributed by atoms with Crippen molar-refractivity contribution in [2.45, 2.75) is 6.18 Å². The summed E-state index contributed by atoms with van der Waals surface area (Å²) < 4.78 is 43.6. The highest BCUT2D eigenvalue weighted by Gasteiger charge is 2.36. The zero-order chi connectivity index (χ0) is 18.2. The Morgan fingerprint density at radius 1 is 1.28 bits per heavy atom. The fourth-order valence-corrected chi connectivity index (χ4v) is 2.88. The number of rotatable bonds is 3. The largest absolute Gasteiger partial charge is 0.469 e. The number of alkyl halides is 3. The lowest BCUT2D eigenvalue weighted by Crippen LogP contribution is -2.50. The molecule has 1 saturated heterocycles. The predicted molar refractivity (Wildman–Crippen MR) is 87.4 cm³/mol. The Bertz CT molecular complexity index is 805. The molecular formula is C17H14ClF3N2O2. The van der Waals surface area contributed by atoms with E-state index in [-0.39, 0.29) is 17.6 Å². The number of aromatic nitrogens is 1. The van der Waals surface area contributed by atoms with Crippen molar-refractivity contribution in [3.05, 3.63) is 47.1 Å². The maximum atomic E-state index is 13.0. The van der Waals surface area contributed by atoms with Crippen LogP contribution in [0.25, 0.3) is 11.3 Å². The molecule has 1 aromatic heterocycles. The Morgan fingerprint density at radius 3 is 2.64 bits per heavy atom. The number of anilines is 1. The Hall–Kier alpha value is -2.28. The molecule has 1 aliphatic rings. The molecule has 1 fully saturated rings. The Labute approximate surface area is 147 Å². The molecule has 0 aliphatic carbocycles. The second-order valence-corrected chi connectivity index (χ2v) is 6.11. The first-order chi connectivity index (χ1) is 11.8. The van der Waals surface area contributed by atoms with E-state index in [1.165, 1.54) is 19.2 Å². The number of carbonyl (C=O) groups is 1. The van der Waals surface area contributed by atoms with E-state index < -0.39 is 16.9 Å². The molecule has 25 heavy (non-hydrogen) atoms. The van der Waals surface area contributed by atoms with Crippen LogP contribution >= 0.6 is 11.6 Å². The summed E-state index contributed by atoms with van der Waals surface area (Å²) in [5.41, 5.74) is 0.430. The minimum Gasteiger partial charge on any atom is -0.469 e. The van der Waals surface area contributed by atoms with Gasteiger partial charge in [0.05, 0.1) is 23.7 Å². The number of halogens is 4. The third kappa shape index (κ3) is 3.56. The second kappa shape index (κ2) is 6.55. The zero-order valence-electron chi connectivity index (χ0n) is 13.2. The summed E-state index contributed by atoms with van der Waals surface area (Å²) >= 11 is 5.61. The van der Waals surface area contributed by atoms with E-state index in [1.807, 2.05) is 11.0 Å². The molecular weight excluding hydrogens is 357 g/mol. The maximum absolute atomic E-state index is 13.0. The van der Waals surface area contributed by atoms with Crippen LogP contribution in [0.3, 0.4) is 0 Å². The van der Waals surface area contributed by atoms with Crippen molar-refractivity contribution in [1.82, 2.24) is 4.98 Å². The number of nitrogens with zero attached hydrogens (tertiary/aromatic N) is 2. The fraction of sp³-hybridized carbons (Fsp3) is 0.294. The van der Waals surface area contributed by atoms with Gasteiger partial charge in [-0.05, 0) is 24.3 Å². The topological polar surface area (TPSA) is 42.4 Å². The van der Waals surface area contributed by atoms with Crippen LogP contribution < -0.4 is 4.90 Å². The Morgan fingerprint density at radius 2 is 2.00 bits per heavy atom. The average molecular weight is 371 g/mol. The molecule has 0 amide bonds. The van der Waals surface area contributed by atoms with E-state index >= 15 is 0 Å². The van der Waals surface area contributed by atoms with Crippen LogP contribution in [0, 0.1) is 5.92 Å². The molecule has 0 spiro atoms. The summed E-state index contributed by atoms with van der Waals surface area (Å²) in [6, 6.07) is 9.62. The van der Waals surface area contributed by atoms with Gasteiger partial charge in [0.25, 0.3) is 0 Å². The summed E-state index contributed by atoms with van der Waals surface area (Å²) in [5, 5.41) is -0.434. The zero-order valence-corrected chi connectivity index (χ0v) is 13.9. The lowest BCUT2D eigenvalue weighted by atomic mass is 9.98. The highest BCUT2D eigenvalue weighted by atomic mass is 35.5. The molecule has 0 saturated carbocycles. The molecule has 8 heteroatoms. The van der Waals surface area contributed by atoms with Crippen LogP contribution in [0.1, 0.15) is 5.69 Å². The van der Waals surface area contributed by atoms with E-state index in [1.54, 1.807) is 18.2 Å². The molecule has 1 aromatic carbocycles. The summed E-state index contributed by atoms with van der Waals surface area (Å²) in [7, 11) is 1.34. The van der Waals surface area contributed by atoms with E-state index in [9.17, 15) is 18.0 Å². The van der Waals surface area contributed by atoms with E-state index in [4.69, 9.17) is 16.3 Å². The molecule has 0 unspecified atom stereocenters. The molecule has 0 bridgehead atoms. The molecule has 1 aliphatic heterocycles. The van der Waals surface area contributed by atoms with Crippen LogP contribution in [0.5, 0.6) is 0 Å². The van der Waals surface area contributed by atoms with Gasteiger partial charge in [0, 0.05) is 24.3 Å². The van der Waals surface area contributed by atoms with E-state index in [0.717, 1.165) is 5.69 Å². The maximum Gasteiger partial charge on any atom is 0.434 e. The van der Waals surface area contributed by atoms with Crippen molar-refractivity contribution < 1.29 is 22.7 Å². The Balaban J connectivity index is 1.85. The van der Waals surface area contributed by atoms with Gasteiger partial charge in [-0.1, -0.05) is 23.7 Å². The summed E-state index contributed by atoms with van der Waals surface area (Å²) in [4.78, 5) is 17.1. The SMILES string of the molecule is COC(=O)C1CN(c2cccc(-c3ccc(Cl)c(C(F)(F)F)n3)c2)C1. The minimum atomic E-state index is -4.62. The highest BCUT2D eigenvalue weighted by molar-refractivity contribution is 6.31. The second-order valence-electron chi connectivity index (χ2n) is 5.70. The van der Waals surface area contributed by atoms with Crippen molar-refractivity contribution in [1.29, 1.82) is 0 Å². The first kappa shape index (κ1) is 17.5. The van der Waals surface area contributed by atoms with Crippen molar-refractivity contribution in [3.63, 3.8) is 0 Å². The molecule has 0 N–H and O–H groups in total. The number of esters is 1. The van der Waals surface area contributed by atoms with Crippen LogP contribution in [0.4, 0.5) is 18.9 Å². The van der Waals surface area contributed by atoms with Gasteiger partial charge in [0.15, 0.2) is 5.69 Å². The third-order valence-corrected chi connectivity index (χ3v) is 4.34. The summed E-state index contributed by atoms with van der Waals surface area (Å²) in [6.07, 6.45) is -4.62. The third-order valence-electron chi connectivity index (χ3n) is 4.04. The van der Waals surface area contributed by atoms with Crippen LogP contribution in [0.15, 0.2) is 36.4 Å². The number of hydrogen-bond donors (Lipinski definition) is 0. The van der Waals surface area contributed by atoms with E-state index in [0.29, 0.717) is 18.7 Å². The van der Waals surface area contributed by atoms with Gasteiger partial charge in [-0.2, -0.15) is 13.2 Å². The lowest BCUT2D eigenvalue weighted by molar-refractivity contribution is -0.146. The van der Waals surface area contributed by atoms with Gasteiger partial charge >= 0.3 is 12.1 Å². The van der Waals surface area contributed by atoms with Gasteiger partial charge in [-0.3, -0.25) is 4.79 Å². The van der Waals surface area contributed by atoms with Crippen LogP contribution in [-0.2, 0) is 15.7 Å². The van der Waals surface area contributed by atoms with Crippen molar-refractivity contribution >= 4 is 23.3 Å². The first-order valence-corrected chi connectivity index (χ1v) is 7.84. The predicted octanol–water partition coefficient (Wildman–Crippen LogP) is 4.03. The Kier molecular flexibility index (Phi) is 4.60. The first-order valence-electron chi connectivity index (χ1n) is 7.46. The number of ether oxygens (including phenoxy) is 1. The average Bonchev–Trinajstić information content (AvgIpc) is 2.53. The summed E-state index contributed by atoms with van der Waals surface area (Å²) in [5.74, 6) is -0.444. The molecule has 132 valence electrons. The van der Waals surface area contributed by atoms with Gasteiger partial charge in [-0.15, -0.1) is 0 Å². The molecule has 0 radical (unpaired) electrons. The minimum absolute atomic E-state index is 0.181. The quantitative estimate of drug-likeness (QED) is 0.765. The van der Waals surface area contributed by atoms with E-state index in [2.05, 4.69) is 4.98 Å². The van der Waals surface area contributed by atoms with Crippen molar-refractivity contribution in [3.8, 4) is 11.3 Å². The fourth-order valence-electron chi connectivity index (χ4n) is 2.67. The molecule has 3 rings (SSSR count).